The van der Waals surface area contributed by atoms with Crippen molar-refractivity contribution in [1.82, 2.24) is 4.98 Å². The van der Waals surface area contributed by atoms with E-state index < -0.39 is 5.60 Å². The third-order valence-corrected chi connectivity index (χ3v) is 4.30. The highest BCUT2D eigenvalue weighted by molar-refractivity contribution is 8.00. The molecule has 0 aromatic carbocycles. The second kappa shape index (κ2) is 3.91. The molecule has 0 amide bonds. The van der Waals surface area contributed by atoms with Crippen LogP contribution in [0.5, 0.6) is 0 Å². The summed E-state index contributed by atoms with van der Waals surface area (Å²) in [5, 5.41) is 10.7. The molecule has 2 atom stereocenters. The number of thioether (sulfide) groups is 1. The quantitative estimate of drug-likeness (QED) is 0.807. The fourth-order valence-electron chi connectivity index (χ4n) is 1.86. The highest BCUT2D eigenvalue weighted by Gasteiger charge is 2.38. The average molecular weight is 209 g/mol. The highest BCUT2D eigenvalue weighted by atomic mass is 32.2. The normalized spacial score (nSPS) is 32.0. The topological polar surface area (TPSA) is 33.1 Å². The first-order chi connectivity index (χ1) is 6.71. The van der Waals surface area contributed by atoms with Crippen LogP contribution in [0.2, 0.25) is 0 Å². The molecule has 1 fully saturated rings. The lowest BCUT2D eigenvalue weighted by Gasteiger charge is -2.26. The van der Waals surface area contributed by atoms with Crippen LogP contribution in [0.3, 0.4) is 0 Å². The molecular formula is C11H15NOS. The van der Waals surface area contributed by atoms with E-state index in [1.807, 2.05) is 23.9 Å². The Morgan fingerprint density at radius 3 is 2.86 bits per heavy atom. The zero-order chi connectivity index (χ0) is 10.0. The number of hydrogen-bond acceptors (Lipinski definition) is 3. The van der Waals surface area contributed by atoms with Gasteiger partial charge >= 0.3 is 0 Å². The van der Waals surface area contributed by atoms with Crippen molar-refractivity contribution in [3.8, 4) is 0 Å². The molecule has 1 aromatic rings. The minimum absolute atomic E-state index is 0.343. The van der Waals surface area contributed by atoms with Crippen molar-refractivity contribution in [2.24, 2.45) is 0 Å². The van der Waals surface area contributed by atoms with Crippen LogP contribution in [0.1, 0.15) is 18.9 Å². The maximum absolute atomic E-state index is 10.4. The van der Waals surface area contributed by atoms with Gasteiger partial charge in [0.15, 0.2) is 0 Å². The van der Waals surface area contributed by atoms with E-state index in [9.17, 15) is 5.11 Å². The van der Waals surface area contributed by atoms with Crippen LogP contribution in [0, 0.1) is 0 Å². The van der Waals surface area contributed by atoms with Gasteiger partial charge in [-0.15, -0.1) is 0 Å². The molecule has 1 aliphatic heterocycles. The molecule has 76 valence electrons. The van der Waals surface area contributed by atoms with E-state index >= 15 is 0 Å². The summed E-state index contributed by atoms with van der Waals surface area (Å²) in [6, 6.07) is 3.96. The lowest BCUT2D eigenvalue weighted by atomic mass is 9.90. The second-order valence-corrected chi connectivity index (χ2v) is 5.35. The molecular weight excluding hydrogens is 194 g/mol. The Balaban J connectivity index is 2.10. The minimum Gasteiger partial charge on any atom is -0.388 e. The van der Waals surface area contributed by atoms with Gasteiger partial charge in [-0.25, -0.2) is 0 Å². The summed E-state index contributed by atoms with van der Waals surface area (Å²) >= 11 is 1.86. The molecule has 0 radical (unpaired) electrons. The Kier molecular flexibility index (Phi) is 2.79. The molecule has 0 aliphatic carbocycles. The van der Waals surface area contributed by atoms with Gasteiger partial charge in [0.25, 0.3) is 0 Å². The molecule has 0 spiro atoms. The smallest absolute Gasteiger partial charge is 0.0811 e. The molecule has 2 rings (SSSR count). The number of nitrogens with zero attached hydrogens (tertiary/aromatic N) is 1. The van der Waals surface area contributed by atoms with Gasteiger partial charge in [-0.3, -0.25) is 4.98 Å². The molecule has 3 heteroatoms. The molecule has 2 unspecified atom stereocenters. The van der Waals surface area contributed by atoms with Gasteiger partial charge in [0.1, 0.15) is 0 Å². The van der Waals surface area contributed by atoms with Crippen molar-refractivity contribution >= 4 is 11.8 Å². The summed E-state index contributed by atoms with van der Waals surface area (Å²) in [4.78, 5) is 3.97. The summed E-state index contributed by atoms with van der Waals surface area (Å²) in [5.41, 5.74) is 0.670. The molecule has 0 saturated carbocycles. The van der Waals surface area contributed by atoms with Crippen molar-refractivity contribution in [2.75, 3.05) is 5.75 Å². The Morgan fingerprint density at radius 1 is 1.57 bits per heavy atom. The predicted octanol–water partition coefficient (Wildman–Crippen LogP) is 1.88. The molecule has 2 heterocycles. The summed E-state index contributed by atoms with van der Waals surface area (Å²) in [6.45, 7) is 2.11. The Labute approximate surface area is 88.8 Å². The predicted molar refractivity (Wildman–Crippen MR) is 59.4 cm³/mol. The summed E-state index contributed by atoms with van der Waals surface area (Å²) in [7, 11) is 0. The zero-order valence-electron chi connectivity index (χ0n) is 8.31. The van der Waals surface area contributed by atoms with Crippen molar-refractivity contribution in [3.63, 3.8) is 0 Å². The van der Waals surface area contributed by atoms with E-state index in [0.29, 0.717) is 5.25 Å². The van der Waals surface area contributed by atoms with Gasteiger partial charge < -0.3 is 5.11 Å². The fourth-order valence-corrected chi connectivity index (χ4v) is 3.19. The lowest BCUT2D eigenvalue weighted by molar-refractivity contribution is 0.0464. The highest BCUT2D eigenvalue weighted by Crippen LogP contribution is 2.37. The van der Waals surface area contributed by atoms with Crippen LogP contribution < -0.4 is 0 Å². The molecule has 1 N–H and O–H groups in total. The summed E-state index contributed by atoms with van der Waals surface area (Å²) in [6.07, 6.45) is 5.22. The van der Waals surface area contributed by atoms with Crippen LogP contribution in [-0.4, -0.2) is 26.7 Å². The van der Waals surface area contributed by atoms with Crippen LogP contribution >= 0.6 is 11.8 Å². The maximum Gasteiger partial charge on any atom is 0.0811 e. The molecule has 14 heavy (non-hydrogen) atoms. The van der Waals surface area contributed by atoms with Gasteiger partial charge in [-0.2, -0.15) is 11.8 Å². The van der Waals surface area contributed by atoms with Crippen LogP contribution in [0.15, 0.2) is 24.5 Å². The van der Waals surface area contributed by atoms with Crippen LogP contribution in [-0.2, 0) is 6.42 Å². The second-order valence-electron chi connectivity index (χ2n) is 3.90. The fraction of sp³-hybridized carbons (Fsp3) is 0.545. The van der Waals surface area contributed by atoms with Crippen molar-refractivity contribution in [1.29, 1.82) is 0 Å². The number of rotatable bonds is 2. The summed E-state index contributed by atoms with van der Waals surface area (Å²) < 4.78 is 0. The first-order valence-electron chi connectivity index (χ1n) is 4.94. The van der Waals surface area contributed by atoms with Crippen LogP contribution in [0.25, 0.3) is 0 Å². The molecule has 2 nitrogen and oxygen atoms in total. The van der Waals surface area contributed by atoms with Crippen molar-refractivity contribution in [3.05, 3.63) is 30.1 Å². The first kappa shape index (κ1) is 9.99. The maximum atomic E-state index is 10.4. The largest absolute Gasteiger partial charge is 0.388 e. The van der Waals surface area contributed by atoms with Gasteiger partial charge in [0, 0.05) is 24.1 Å². The Bertz CT molecular complexity index is 303. The Morgan fingerprint density at radius 2 is 2.29 bits per heavy atom. The van der Waals surface area contributed by atoms with E-state index in [-0.39, 0.29) is 0 Å². The molecule has 1 aliphatic rings. The Hall–Kier alpha value is -0.540. The van der Waals surface area contributed by atoms with Crippen molar-refractivity contribution < 1.29 is 5.11 Å². The number of aliphatic hydroxyl groups is 1. The third-order valence-electron chi connectivity index (χ3n) is 2.92. The minimum atomic E-state index is -0.508. The SMILES string of the molecule is CC1SCCC1(O)Cc1ccncc1. The number of aromatic nitrogens is 1. The third kappa shape index (κ3) is 1.93. The average Bonchev–Trinajstić information content (AvgIpc) is 2.48. The number of pyridine rings is 1. The van der Waals surface area contributed by atoms with Crippen LogP contribution in [0.4, 0.5) is 0 Å². The van der Waals surface area contributed by atoms with E-state index in [1.165, 1.54) is 5.56 Å². The van der Waals surface area contributed by atoms with E-state index in [2.05, 4.69) is 11.9 Å². The lowest BCUT2D eigenvalue weighted by Crippen LogP contribution is -2.36. The molecule has 1 aromatic heterocycles. The van der Waals surface area contributed by atoms with Gasteiger partial charge in [0.05, 0.1) is 5.60 Å². The van der Waals surface area contributed by atoms with E-state index in [4.69, 9.17) is 0 Å². The number of hydrogen-bond donors (Lipinski definition) is 1. The van der Waals surface area contributed by atoms with E-state index in [0.717, 1.165) is 18.6 Å². The van der Waals surface area contributed by atoms with Gasteiger partial charge in [0.2, 0.25) is 0 Å². The molecule has 1 saturated heterocycles. The standard InChI is InChI=1S/C11H15NOS/c1-9-11(13,4-7-14-9)8-10-2-5-12-6-3-10/h2-3,5-6,9,13H,4,7-8H2,1H3. The van der Waals surface area contributed by atoms with Gasteiger partial charge in [-0.1, -0.05) is 6.92 Å². The molecule has 0 bridgehead atoms. The van der Waals surface area contributed by atoms with Crippen molar-refractivity contribution in [2.45, 2.75) is 30.6 Å². The monoisotopic (exact) mass is 209 g/mol. The zero-order valence-corrected chi connectivity index (χ0v) is 9.13. The van der Waals surface area contributed by atoms with Gasteiger partial charge in [-0.05, 0) is 29.9 Å². The summed E-state index contributed by atoms with van der Waals surface area (Å²) in [5.74, 6) is 1.07. The first-order valence-corrected chi connectivity index (χ1v) is 5.98. The van der Waals surface area contributed by atoms with E-state index in [1.54, 1.807) is 12.4 Å².